The first kappa shape index (κ1) is 19.3. The van der Waals surface area contributed by atoms with Crippen molar-refractivity contribution in [3.8, 4) is 11.4 Å². The van der Waals surface area contributed by atoms with Gasteiger partial charge in [0.1, 0.15) is 6.33 Å². The average molecular weight is 410 g/mol. The number of nitrogens with zero attached hydrogens (tertiary/aromatic N) is 4. The maximum atomic E-state index is 6.13. The lowest BCUT2D eigenvalue weighted by Crippen LogP contribution is -2.44. The molecule has 0 saturated carbocycles. The minimum Gasteiger partial charge on any atom is -0.369 e. The molecule has 7 nitrogen and oxygen atoms in total. The van der Waals surface area contributed by atoms with Crippen LogP contribution in [-0.2, 0) is 6.54 Å². The van der Waals surface area contributed by atoms with Crippen molar-refractivity contribution in [2.24, 2.45) is 4.99 Å². The molecular formula is C21H24ClN7. The number of hydrogen-bond donors (Lipinski definition) is 3. The van der Waals surface area contributed by atoms with Crippen molar-refractivity contribution in [3.63, 3.8) is 0 Å². The quantitative estimate of drug-likeness (QED) is 0.445. The Bertz CT molecular complexity index is 971. The van der Waals surface area contributed by atoms with E-state index in [0.717, 1.165) is 53.1 Å². The summed E-state index contributed by atoms with van der Waals surface area (Å²) >= 11 is 6.13. The Labute approximate surface area is 175 Å². The molecule has 1 aliphatic rings. The number of benzene rings is 2. The van der Waals surface area contributed by atoms with Gasteiger partial charge in [0, 0.05) is 49.0 Å². The van der Waals surface area contributed by atoms with Crippen LogP contribution in [0.25, 0.3) is 11.4 Å². The second-order valence-electron chi connectivity index (χ2n) is 7.02. The van der Waals surface area contributed by atoms with Gasteiger partial charge in [-0.3, -0.25) is 10.1 Å². The van der Waals surface area contributed by atoms with Crippen LogP contribution < -0.4 is 15.5 Å². The van der Waals surface area contributed by atoms with Gasteiger partial charge in [0.2, 0.25) is 0 Å². The van der Waals surface area contributed by atoms with Gasteiger partial charge in [-0.15, -0.1) is 0 Å². The van der Waals surface area contributed by atoms with Gasteiger partial charge in [-0.25, -0.2) is 4.98 Å². The van der Waals surface area contributed by atoms with E-state index in [4.69, 9.17) is 11.6 Å². The fraction of sp³-hybridized carbons (Fsp3) is 0.286. The molecule has 0 amide bonds. The topological polar surface area (TPSA) is 81.2 Å². The number of guanidine groups is 1. The highest BCUT2D eigenvalue weighted by molar-refractivity contribution is 6.30. The third-order valence-electron chi connectivity index (χ3n) is 5.00. The molecule has 0 bridgehead atoms. The predicted molar refractivity (Wildman–Crippen MR) is 117 cm³/mol. The standard InChI is InChI=1S/C21H24ClN7/c1-23-21(24-12-15-4-2-5-16(10-15)20-25-14-26-28-20)27-18-8-9-29(13-18)19-7-3-6-17(22)11-19/h2-7,10-11,14,18H,8-9,12-13H2,1H3,(H2,23,24,27)(H,25,26,28). The summed E-state index contributed by atoms with van der Waals surface area (Å²) in [6.07, 6.45) is 2.56. The number of nitrogens with one attached hydrogen (secondary N) is 3. The van der Waals surface area contributed by atoms with Crippen molar-refractivity contribution in [2.75, 3.05) is 25.0 Å². The van der Waals surface area contributed by atoms with E-state index in [1.165, 1.54) is 6.33 Å². The van der Waals surface area contributed by atoms with Crippen LogP contribution in [0.15, 0.2) is 59.9 Å². The van der Waals surface area contributed by atoms with Crippen molar-refractivity contribution in [1.82, 2.24) is 25.8 Å². The Morgan fingerprint density at radius 3 is 2.97 bits per heavy atom. The second-order valence-corrected chi connectivity index (χ2v) is 7.45. The van der Waals surface area contributed by atoms with Gasteiger partial charge in [0.15, 0.2) is 11.8 Å². The lowest BCUT2D eigenvalue weighted by atomic mass is 10.1. The van der Waals surface area contributed by atoms with Crippen LogP contribution in [0.4, 0.5) is 5.69 Å². The monoisotopic (exact) mass is 409 g/mol. The number of halogens is 1. The number of hydrogen-bond acceptors (Lipinski definition) is 4. The van der Waals surface area contributed by atoms with Gasteiger partial charge in [0.05, 0.1) is 0 Å². The molecule has 4 rings (SSSR count). The molecule has 150 valence electrons. The van der Waals surface area contributed by atoms with E-state index in [-0.39, 0.29) is 0 Å². The largest absolute Gasteiger partial charge is 0.369 e. The van der Waals surface area contributed by atoms with Crippen LogP contribution >= 0.6 is 11.6 Å². The molecule has 0 aliphatic carbocycles. The Hall–Kier alpha value is -3.06. The van der Waals surface area contributed by atoms with Gasteiger partial charge in [-0.05, 0) is 36.2 Å². The van der Waals surface area contributed by atoms with E-state index in [1.807, 2.05) is 30.3 Å². The first-order valence-corrected chi connectivity index (χ1v) is 10.0. The Balaban J connectivity index is 1.32. The number of anilines is 1. The number of rotatable bonds is 5. The summed E-state index contributed by atoms with van der Waals surface area (Å²) in [6.45, 7) is 2.59. The Morgan fingerprint density at radius 2 is 2.17 bits per heavy atom. The zero-order valence-corrected chi connectivity index (χ0v) is 17.0. The summed E-state index contributed by atoms with van der Waals surface area (Å²) in [4.78, 5) is 10.9. The van der Waals surface area contributed by atoms with E-state index in [0.29, 0.717) is 12.6 Å². The molecule has 0 radical (unpaired) electrons. The molecule has 29 heavy (non-hydrogen) atoms. The molecular weight excluding hydrogens is 386 g/mol. The van der Waals surface area contributed by atoms with Gasteiger partial charge in [0.25, 0.3) is 0 Å². The molecule has 1 fully saturated rings. The highest BCUT2D eigenvalue weighted by Crippen LogP contribution is 2.23. The van der Waals surface area contributed by atoms with Gasteiger partial charge in [-0.2, -0.15) is 5.10 Å². The van der Waals surface area contributed by atoms with Crippen LogP contribution in [-0.4, -0.2) is 47.3 Å². The number of aromatic nitrogens is 3. The molecule has 1 aromatic heterocycles. The molecule has 1 saturated heterocycles. The lowest BCUT2D eigenvalue weighted by molar-refractivity contribution is 0.648. The Kier molecular flexibility index (Phi) is 5.95. The first-order chi connectivity index (χ1) is 14.2. The average Bonchev–Trinajstić information content (AvgIpc) is 3.44. The molecule has 1 aliphatic heterocycles. The number of H-pyrrole nitrogens is 1. The van der Waals surface area contributed by atoms with Crippen LogP contribution in [0.3, 0.4) is 0 Å². The van der Waals surface area contributed by atoms with E-state index < -0.39 is 0 Å². The molecule has 1 atom stereocenters. The van der Waals surface area contributed by atoms with E-state index in [2.05, 4.69) is 53.9 Å². The van der Waals surface area contributed by atoms with Crippen molar-refractivity contribution in [1.29, 1.82) is 0 Å². The van der Waals surface area contributed by atoms with Crippen LogP contribution in [0, 0.1) is 0 Å². The van der Waals surface area contributed by atoms with Crippen molar-refractivity contribution >= 4 is 23.2 Å². The summed E-state index contributed by atoms with van der Waals surface area (Å²) in [5.41, 5.74) is 3.32. The smallest absolute Gasteiger partial charge is 0.191 e. The summed E-state index contributed by atoms with van der Waals surface area (Å²) in [5, 5.41) is 14.5. The third kappa shape index (κ3) is 4.86. The van der Waals surface area contributed by atoms with Crippen LogP contribution in [0.5, 0.6) is 0 Å². The third-order valence-corrected chi connectivity index (χ3v) is 5.24. The summed E-state index contributed by atoms with van der Waals surface area (Å²) in [6, 6.07) is 16.5. The Morgan fingerprint density at radius 1 is 1.28 bits per heavy atom. The lowest BCUT2D eigenvalue weighted by Gasteiger charge is -2.20. The van der Waals surface area contributed by atoms with Gasteiger partial charge in [-0.1, -0.05) is 35.9 Å². The number of aromatic amines is 1. The van der Waals surface area contributed by atoms with E-state index in [9.17, 15) is 0 Å². The molecule has 2 aromatic carbocycles. The minimum atomic E-state index is 0.334. The molecule has 2 heterocycles. The molecule has 0 spiro atoms. The van der Waals surface area contributed by atoms with E-state index >= 15 is 0 Å². The summed E-state index contributed by atoms with van der Waals surface area (Å²) in [7, 11) is 1.80. The summed E-state index contributed by atoms with van der Waals surface area (Å²) in [5.74, 6) is 1.56. The first-order valence-electron chi connectivity index (χ1n) is 9.63. The SMILES string of the molecule is CN=C(NCc1cccc(-c2ncn[nH]2)c1)NC1CCN(c2cccc(Cl)c2)C1. The molecule has 3 aromatic rings. The molecule has 8 heteroatoms. The van der Waals surface area contributed by atoms with Crippen LogP contribution in [0.2, 0.25) is 5.02 Å². The second kappa shape index (κ2) is 8.96. The van der Waals surface area contributed by atoms with Crippen molar-refractivity contribution in [3.05, 3.63) is 65.4 Å². The van der Waals surface area contributed by atoms with Gasteiger partial charge < -0.3 is 15.5 Å². The van der Waals surface area contributed by atoms with Crippen LogP contribution in [0.1, 0.15) is 12.0 Å². The molecule has 3 N–H and O–H groups in total. The highest BCUT2D eigenvalue weighted by Gasteiger charge is 2.23. The fourth-order valence-corrected chi connectivity index (χ4v) is 3.72. The van der Waals surface area contributed by atoms with Crippen molar-refractivity contribution < 1.29 is 0 Å². The molecule has 1 unspecified atom stereocenters. The van der Waals surface area contributed by atoms with E-state index in [1.54, 1.807) is 7.05 Å². The van der Waals surface area contributed by atoms with Gasteiger partial charge >= 0.3 is 0 Å². The summed E-state index contributed by atoms with van der Waals surface area (Å²) < 4.78 is 0. The normalized spacial score (nSPS) is 16.8. The minimum absolute atomic E-state index is 0.334. The predicted octanol–water partition coefficient (Wildman–Crippen LogP) is 3.07. The maximum Gasteiger partial charge on any atom is 0.191 e. The fourth-order valence-electron chi connectivity index (χ4n) is 3.53. The zero-order chi connectivity index (χ0) is 20.1. The number of aliphatic imine (C=N–C) groups is 1. The van der Waals surface area contributed by atoms with Crippen molar-refractivity contribution in [2.45, 2.75) is 19.0 Å². The zero-order valence-electron chi connectivity index (χ0n) is 16.3. The maximum absolute atomic E-state index is 6.13. The highest BCUT2D eigenvalue weighted by atomic mass is 35.5.